The SMILES string of the molecule is C=CC=CC(/C=C\C)C/C(C=C)=C(C)/C(C)=C(C)\C(=C\C(\C=C\N(C)C=C)=C/C)C(=C)C. The summed E-state index contributed by atoms with van der Waals surface area (Å²) < 4.78 is 0. The zero-order valence-electron chi connectivity index (χ0n) is 21.4. The fraction of sp³-hybridized carbons (Fsp3) is 0.290. The quantitative estimate of drug-likeness (QED) is 0.208. The molecule has 1 atom stereocenters. The standard InChI is InChI=1S/C31H43N/c1-12-17-19-29(18-13-2)22-30(15-4)26(9)25(8)27(10)31(24(6)7)23-28(14-3)20-21-32(11)16-5/h12-21,23,29H,1,4-6,22H2,2-3,7-11H3/b18-13-,19-17?,21-20+,27-25-,28-14-,30-26+,31-23+. The molecule has 0 saturated heterocycles. The van der Waals surface area contributed by atoms with Gasteiger partial charge in [0.25, 0.3) is 0 Å². The molecule has 0 spiro atoms. The fourth-order valence-electron chi connectivity index (χ4n) is 3.25. The van der Waals surface area contributed by atoms with Crippen LogP contribution in [0.3, 0.4) is 0 Å². The summed E-state index contributed by atoms with van der Waals surface area (Å²) in [4.78, 5) is 1.93. The molecule has 0 rings (SSSR count). The van der Waals surface area contributed by atoms with E-state index in [4.69, 9.17) is 0 Å². The third-order valence-corrected chi connectivity index (χ3v) is 5.54. The van der Waals surface area contributed by atoms with E-state index >= 15 is 0 Å². The van der Waals surface area contributed by atoms with Gasteiger partial charge in [0.05, 0.1) is 0 Å². The summed E-state index contributed by atoms with van der Waals surface area (Å²) in [7, 11) is 1.96. The lowest BCUT2D eigenvalue weighted by atomic mass is 9.88. The van der Waals surface area contributed by atoms with Crippen LogP contribution in [0.5, 0.6) is 0 Å². The average molecular weight is 430 g/mol. The summed E-state index contributed by atoms with van der Waals surface area (Å²) in [6, 6.07) is 0. The second-order valence-corrected chi connectivity index (χ2v) is 7.91. The molecular weight excluding hydrogens is 386 g/mol. The average Bonchev–Trinajstić information content (AvgIpc) is 2.78. The predicted octanol–water partition coefficient (Wildman–Crippen LogP) is 9.19. The van der Waals surface area contributed by atoms with Crippen LogP contribution in [0.4, 0.5) is 0 Å². The Morgan fingerprint density at radius 3 is 2.06 bits per heavy atom. The first kappa shape index (κ1) is 28.9. The van der Waals surface area contributed by atoms with Crippen molar-refractivity contribution in [3.63, 3.8) is 0 Å². The Morgan fingerprint density at radius 2 is 1.59 bits per heavy atom. The summed E-state index contributed by atoms with van der Waals surface area (Å²) in [6.45, 7) is 28.6. The normalized spacial score (nSPS) is 15.6. The van der Waals surface area contributed by atoms with Crippen molar-refractivity contribution in [3.05, 3.63) is 132 Å². The van der Waals surface area contributed by atoms with Crippen molar-refractivity contribution in [2.75, 3.05) is 7.05 Å². The Kier molecular flexibility index (Phi) is 14.2. The summed E-state index contributed by atoms with van der Waals surface area (Å²) in [5, 5.41) is 0. The molecule has 0 aliphatic rings. The molecular formula is C31H43N. The van der Waals surface area contributed by atoms with Crippen LogP contribution < -0.4 is 0 Å². The zero-order chi connectivity index (χ0) is 24.7. The van der Waals surface area contributed by atoms with Crippen LogP contribution in [0.15, 0.2) is 132 Å². The first-order valence-corrected chi connectivity index (χ1v) is 11.2. The highest BCUT2D eigenvalue weighted by Crippen LogP contribution is 2.30. The van der Waals surface area contributed by atoms with Gasteiger partial charge < -0.3 is 4.90 Å². The van der Waals surface area contributed by atoms with Gasteiger partial charge >= 0.3 is 0 Å². The molecule has 0 saturated carbocycles. The molecule has 0 aliphatic carbocycles. The highest BCUT2D eigenvalue weighted by molar-refractivity contribution is 5.55. The number of hydrogen-bond donors (Lipinski definition) is 0. The number of allylic oxidation sites excluding steroid dienone is 16. The lowest BCUT2D eigenvalue weighted by Crippen LogP contribution is -2.00. The molecule has 1 unspecified atom stereocenters. The van der Waals surface area contributed by atoms with Gasteiger partial charge in [-0.15, -0.1) is 0 Å². The van der Waals surface area contributed by atoms with E-state index in [1.54, 1.807) is 6.20 Å². The second-order valence-electron chi connectivity index (χ2n) is 7.91. The molecule has 0 bridgehead atoms. The fourth-order valence-corrected chi connectivity index (χ4v) is 3.25. The summed E-state index contributed by atoms with van der Waals surface area (Å²) >= 11 is 0. The van der Waals surface area contributed by atoms with E-state index in [0.717, 1.165) is 23.1 Å². The first-order valence-electron chi connectivity index (χ1n) is 11.2. The van der Waals surface area contributed by atoms with Gasteiger partial charge in [-0.2, -0.15) is 0 Å². The number of nitrogens with zero attached hydrogens (tertiary/aromatic N) is 1. The zero-order valence-corrected chi connectivity index (χ0v) is 21.4. The lowest BCUT2D eigenvalue weighted by molar-refractivity contribution is 0.628. The van der Waals surface area contributed by atoms with E-state index in [1.165, 1.54) is 22.3 Å². The molecule has 0 heterocycles. The highest BCUT2D eigenvalue weighted by Gasteiger charge is 2.11. The van der Waals surface area contributed by atoms with E-state index in [0.29, 0.717) is 5.92 Å². The molecule has 0 aromatic heterocycles. The maximum atomic E-state index is 4.24. The van der Waals surface area contributed by atoms with E-state index in [-0.39, 0.29) is 0 Å². The van der Waals surface area contributed by atoms with Crippen molar-refractivity contribution in [3.8, 4) is 0 Å². The van der Waals surface area contributed by atoms with Crippen LogP contribution in [0, 0.1) is 5.92 Å². The summed E-state index contributed by atoms with van der Waals surface area (Å²) in [5.74, 6) is 0.312. The van der Waals surface area contributed by atoms with Crippen molar-refractivity contribution in [2.45, 2.75) is 48.0 Å². The molecule has 1 nitrogen and oxygen atoms in total. The van der Waals surface area contributed by atoms with Crippen LogP contribution in [0.2, 0.25) is 0 Å². The molecule has 0 N–H and O–H groups in total. The Hall–Kier alpha value is -3.06. The van der Waals surface area contributed by atoms with E-state index in [2.05, 4.69) is 97.4 Å². The molecule has 0 amide bonds. The Labute approximate surface area is 198 Å². The first-order chi connectivity index (χ1) is 15.2. The van der Waals surface area contributed by atoms with Crippen LogP contribution in [0.25, 0.3) is 0 Å². The Bertz CT molecular complexity index is 891. The largest absolute Gasteiger partial charge is 0.358 e. The maximum Gasteiger partial charge on any atom is 0.0106 e. The minimum Gasteiger partial charge on any atom is -0.358 e. The van der Waals surface area contributed by atoms with Gasteiger partial charge in [-0.1, -0.05) is 74.4 Å². The summed E-state index contributed by atoms with van der Waals surface area (Å²) in [6.07, 6.45) is 23.4. The number of rotatable bonds is 13. The number of hydrogen-bond acceptors (Lipinski definition) is 1. The van der Waals surface area contributed by atoms with Gasteiger partial charge in [-0.05, 0) is 106 Å². The predicted molar refractivity (Wildman–Crippen MR) is 147 cm³/mol. The molecule has 0 aliphatic heterocycles. The van der Waals surface area contributed by atoms with Gasteiger partial charge in [0.2, 0.25) is 0 Å². The van der Waals surface area contributed by atoms with E-state index in [1.807, 2.05) is 43.3 Å². The van der Waals surface area contributed by atoms with E-state index in [9.17, 15) is 0 Å². The molecule has 0 radical (unpaired) electrons. The molecule has 0 aromatic carbocycles. The molecule has 0 aromatic rings. The molecule has 172 valence electrons. The Balaban J connectivity index is 6.36. The maximum absolute atomic E-state index is 4.24. The van der Waals surface area contributed by atoms with Gasteiger partial charge in [-0.3, -0.25) is 0 Å². The topological polar surface area (TPSA) is 3.24 Å². The van der Waals surface area contributed by atoms with Crippen molar-refractivity contribution in [1.29, 1.82) is 0 Å². The smallest absolute Gasteiger partial charge is 0.0106 e. The third-order valence-electron chi connectivity index (χ3n) is 5.54. The lowest BCUT2D eigenvalue weighted by Gasteiger charge is -2.18. The van der Waals surface area contributed by atoms with Crippen LogP contribution in [-0.2, 0) is 0 Å². The van der Waals surface area contributed by atoms with Gasteiger partial charge in [0, 0.05) is 13.2 Å². The van der Waals surface area contributed by atoms with Crippen LogP contribution in [-0.4, -0.2) is 11.9 Å². The van der Waals surface area contributed by atoms with E-state index < -0.39 is 0 Å². The van der Waals surface area contributed by atoms with Gasteiger partial charge in [0.15, 0.2) is 0 Å². The molecule has 0 fully saturated rings. The minimum atomic E-state index is 0.312. The van der Waals surface area contributed by atoms with Crippen molar-refractivity contribution in [1.82, 2.24) is 4.90 Å². The van der Waals surface area contributed by atoms with Crippen molar-refractivity contribution < 1.29 is 0 Å². The van der Waals surface area contributed by atoms with Gasteiger partial charge in [-0.25, -0.2) is 0 Å². The monoisotopic (exact) mass is 429 g/mol. The van der Waals surface area contributed by atoms with Crippen LogP contribution >= 0.6 is 0 Å². The van der Waals surface area contributed by atoms with Crippen molar-refractivity contribution >= 4 is 0 Å². The summed E-state index contributed by atoms with van der Waals surface area (Å²) in [5.41, 5.74) is 8.30. The van der Waals surface area contributed by atoms with Gasteiger partial charge in [0.1, 0.15) is 0 Å². The van der Waals surface area contributed by atoms with Crippen molar-refractivity contribution in [2.24, 2.45) is 5.92 Å². The second kappa shape index (κ2) is 15.7. The highest BCUT2D eigenvalue weighted by atomic mass is 15.0. The molecule has 1 heteroatoms. The Morgan fingerprint density at radius 1 is 0.938 bits per heavy atom. The molecule has 32 heavy (non-hydrogen) atoms. The van der Waals surface area contributed by atoms with Crippen LogP contribution in [0.1, 0.15) is 48.0 Å². The third kappa shape index (κ3) is 9.83. The minimum absolute atomic E-state index is 0.312.